The Morgan fingerprint density at radius 1 is 1.14 bits per heavy atom. The zero-order chi connectivity index (χ0) is 18.9. The van der Waals surface area contributed by atoms with Crippen LogP contribution in [0.3, 0.4) is 0 Å². The van der Waals surface area contributed by atoms with Gasteiger partial charge in [-0.3, -0.25) is 9.48 Å². The number of hydrogen-bond acceptors (Lipinski definition) is 3. The molecule has 1 aliphatic carbocycles. The number of nitrogens with zero attached hydrogens (tertiary/aromatic N) is 2. The summed E-state index contributed by atoms with van der Waals surface area (Å²) in [5.41, 5.74) is 3.65. The van der Waals surface area contributed by atoms with Gasteiger partial charge in [-0.05, 0) is 42.3 Å². The van der Waals surface area contributed by atoms with Crippen LogP contribution in [0.4, 0.5) is 0 Å². The summed E-state index contributed by atoms with van der Waals surface area (Å²) in [6.07, 6.45) is 4.97. The highest BCUT2D eigenvalue weighted by atomic mass is 32.1. The van der Waals surface area contributed by atoms with E-state index in [-0.39, 0.29) is 11.9 Å². The van der Waals surface area contributed by atoms with Gasteiger partial charge >= 0.3 is 0 Å². The fourth-order valence-corrected chi connectivity index (χ4v) is 4.95. The molecule has 4 nitrogen and oxygen atoms in total. The molecule has 0 radical (unpaired) electrons. The molecule has 1 amide bonds. The van der Waals surface area contributed by atoms with Gasteiger partial charge in [0.05, 0.1) is 23.7 Å². The average molecular weight is 388 g/mol. The van der Waals surface area contributed by atoms with Crippen molar-refractivity contribution in [1.82, 2.24) is 15.1 Å². The zero-order valence-corrected chi connectivity index (χ0v) is 16.3. The zero-order valence-electron chi connectivity index (χ0n) is 15.5. The summed E-state index contributed by atoms with van der Waals surface area (Å²) < 4.78 is 3.23. The van der Waals surface area contributed by atoms with Gasteiger partial charge in [0.15, 0.2) is 0 Å². The number of nitrogens with one attached hydrogen (secondary N) is 1. The van der Waals surface area contributed by atoms with E-state index in [0.29, 0.717) is 0 Å². The first-order chi connectivity index (χ1) is 13.8. The first-order valence-electron chi connectivity index (χ1n) is 9.66. The SMILES string of the molecule is O=C(NC1CCCc2c1cnn2Cc1ccccc1)c1cc2ccccc2s1. The van der Waals surface area contributed by atoms with E-state index in [1.807, 2.05) is 30.5 Å². The molecular formula is C23H21N3OS. The third-order valence-corrected chi connectivity index (χ3v) is 6.51. The molecule has 0 saturated carbocycles. The summed E-state index contributed by atoms with van der Waals surface area (Å²) in [4.78, 5) is 13.6. The van der Waals surface area contributed by atoms with Crippen LogP contribution in [-0.4, -0.2) is 15.7 Å². The minimum atomic E-state index is 0.00913. The third-order valence-electron chi connectivity index (χ3n) is 5.39. The lowest BCUT2D eigenvalue weighted by atomic mass is 9.93. The highest BCUT2D eigenvalue weighted by Crippen LogP contribution is 2.31. The molecule has 0 aliphatic heterocycles. The van der Waals surface area contributed by atoms with Gasteiger partial charge in [-0.2, -0.15) is 5.10 Å². The Morgan fingerprint density at radius 3 is 2.82 bits per heavy atom. The normalized spacial score (nSPS) is 16.1. The van der Waals surface area contributed by atoms with E-state index in [9.17, 15) is 4.79 Å². The van der Waals surface area contributed by atoms with E-state index < -0.39 is 0 Å². The summed E-state index contributed by atoms with van der Waals surface area (Å²) in [6, 6.07) is 20.5. The minimum absolute atomic E-state index is 0.00913. The monoisotopic (exact) mass is 387 g/mol. The van der Waals surface area contributed by atoms with Crippen LogP contribution in [0, 0.1) is 0 Å². The van der Waals surface area contributed by atoms with Crippen LogP contribution < -0.4 is 5.32 Å². The Kier molecular flexibility index (Phi) is 4.45. The molecule has 1 aliphatic rings. The molecule has 2 aromatic carbocycles. The van der Waals surface area contributed by atoms with E-state index in [2.05, 4.69) is 51.5 Å². The maximum Gasteiger partial charge on any atom is 0.261 e. The predicted octanol–water partition coefficient (Wildman–Crippen LogP) is 4.95. The fourth-order valence-electron chi connectivity index (χ4n) is 3.98. The Bertz CT molecular complexity index is 1100. The predicted molar refractivity (Wildman–Crippen MR) is 113 cm³/mol. The Hall–Kier alpha value is -2.92. The van der Waals surface area contributed by atoms with Crippen molar-refractivity contribution in [2.45, 2.75) is 31.8 Å². The lowest BCUT2D eigenvalue weighted by molar-refractivity contribution is 0.0937. The van der Waals surface area contributed by atoms with Crippen LogP contribution in [0.5, 0.6) is 0 Å². The van der Waals surface area contributed by atoms with E-state index in [0.717, 1.165) is 46.3 Å². The number of fused-ring (bicyclic) bond motifs is 2. The van der Waals surface area contributed by atoms with Gasteiger partial charge in [0.2, 0.25) is 0 Å². The lowest BCUT2D eigenvalue weighted by Gasteiger charge is -2.24. The van der Waals surface area contributed by atoms with E-state index in [1.165, 1.54) is 11.3 Å². The Labute approximate surface area is 167 Å². The molecule has 4 aromatic rings. The smallest absolute Gasteiger partial charge is 0.261 e. The number of amides is 1. The number of carbonyl (C=O) groups is 1. The van der Waals surface area contributed by atoms with Crippen molar-refractivity contribution in [3.05, 3.63) is 88.6 Å². The first-order valence-corrected chi connectivity index (χ1v) is 10.5. The van der Waals surface area contributed by atoms with Crippen molar-refractivity contribution in [2.24, 2.45) is 0 Å². The summed E-state index contributed by atoms with van der Waals surface area (Å²) in [5.74, 6) is 0.00913. The van der Waals surface area contributed by atoms with Crippen LogP contribution >= 0.6 is 11.3 Å². The van der Waals surface area contributed by atoms with Crippen LogP contribution in [-0.2, 0) is 13.0 Å². The van der Waals surface area contributed by atoms with E-state index >= 15 is 0 Å². The molecule has 1 unspecified atom stereocenters. The summed E-state index contributed by atoms with van der Waals surface area (Å²) in [7, 11) is 0. The molecule has 5 heteroatoms. The number of carbonyl (C=O) groups excluding carboxylic acids is 1. The van der Waals surface area contributed by atoms with Crippen molar-refractivity contribution in [1.29, 1.82) is 0 Å². The van der Waals surface area contributed by atoms with Crippen molar-refractivity contribution in [3.63, 3.8) is 0 Å². The molecule has 1 atom stereocenters. The number of benzene rings is 2. The molecule has 28 heavy (non-hydrogen) atoms. The molecule has 0 saturated heterocycles. The standard InChI is InChI=1S/C23H21N3OS/c27-23(22-13-17-9-4-5-12-21(17)28-22)25-19-10-6-11-20-18(19)14-24-26(20)15-16-7-2-1-3-8-16/h1-5,7-9,12-14,19H,6,10-11,15H2,(H,25,27). The Balaban J connectivity index is 1.37. The summed E-state index contributed by atoms with van der Waals surface area (Å²) in [5, 5.41) is 9.00. The number of hydrogen-bond donors (Lipinski definition) is 1. The maximum atomic E-state index is 12.9. The third kappa shape index (κ3) is 3.22. The molecule has 140 valence electrons. The fraction of sp³-hybridized carbons (Fsp3) is 0.217. The highest BCUT2D eigenvalue weighted by molar-refractivity contribution is 7.20. The van der Waals surface area contributed by atoms with Gasteiger partial charge in [-0.25, -0.2) is 0 Å². The molecule has 0 spiro atoms. The van der Waals surface area contributed by atoms with Crippen LogP contribution in [0.1, 0.15) is 45.4 Å². The van der Waals surface area contributed by atoms with Crippen molar-refractivity contribution < 1.29 is 4.79 Å². The number of rotatable bonds is 4. The van der Waals surface area contributed by atoms with Gasteiger partial charge in [0.25, 0.3) is 5.91 Å². The first kappa shape index (κ1) is 17.2. The Morgan fingerprint density at radius 2 is 1.96 bits per heavy atom. The lowest BCUT2D eigenvalue weighted by Crippen LogP contribution is -2.30. The second-order valence-electron chi connectivity index (χ2n) is 7.26. The molecule has 5 rings (SSSR count). The topological polar surface area (TPSA) is 46.9 Å². The largest absolute Gasteiger partial charge is 0.344 e. The maximum absolute atomic E-state index is 12.9. The van der Waals surface area contributed by atoms with Gasteiger partial charge < -0.3 is 5.32 Å². The quantitative estimate of drug-likeness (QED) is 0.538. The van der Waals surface area contributed by atoms with Crippen LogP contribution in [0.15, 0.2) is 66.9 Å². The molecule has 2 aromatic heterocycles. The number of aromatic nitrogens is 2. The van der Waals surface area contributed by atoms with Gasteiger partial charge in [-0.15, -0.1) is 11.3 Å². The average Bonchev–Trinajstić information content (AvgIpc) is 3.34. The molecular weight excluding hydrogens is 366 g/mol. The van der Waals surface area contributed by atoms with Gasteiger partial charge in [-0.1, -0.05) is 48.5 Å². The van der Waals surface area contributed by atoms with E-state index in [4.69, 9.17) is 0 Å². The molecule has 0 fully saturated rings. The van der Waals surface area contributed by atoms with Gasteiger partial charge in [0, 0.05) is 16.0 Å². The van der Waals surface area contributed by atoms with Crippen molar-refractivity contribution in [2.75, 3.05) is 0 Å². The molecule has 1 N–H and O–H groups in total. The second kappa shape index (κ2) is 7.24. The van der Waals surface area contributed by atoms with Crippen molar-refractivity contribution in [3.8, 4) is 0 Å². The number of thiophene rings is 1. The minimum Gasteiger partial charge on any atom is -0.344 e. The summed E-state index contributed by atoms with van der Waals surface area (Å²) in [6.45, 7) is 0.771. The highest BCUT2D eigenvalue weighted by Gasteiger charge is 2.26. The second-order valence-corrected chi connectivity index (χ2v) is 8.34. The van der Waals surface area contributed by atoms with Crippen LogP contribution in [0.25, 0.3) is 10.1 Å². The van der Waals surface area contributed by atoms with Crippen LogP contribution in [0.2, 0.25) is 0 Å². The molecule has 2 heterocycles. The molecule has 0 bridgehead atoms. The van der Waals surface area contributed by atoms with Crippen molar-refractivity contribution >= 4 is 27.3 Å². The van der Waals surface area contributed by atoms with E-state index in [1.54, 1.807) is 11.3 Å². The summed E-state index contributed by atoms with van der Waals surface area (Å²) >= 11 is 1.55. The van der Waals surface area contributed by atoms with Gasteiger partial charge in [0.1, 0.15) is 0 Å².